The average molecular weight is 265 g/mol. The first-order valence-corrected chi connectivity index (χ1v) is 6.81. The van der Waals surface area contributed by atoms with Crippen LogP contribution in [0, 0.1) is 0 Å². The number of nitrogens with zero attached hydrogens (tertiary/aromatic N) is 2. The van der Waals surface area contributed by atoms with Crippen LogP contribution in [0.1, 0.15) is 60.0 Å². The molecule has 0 spiro atoms. The number of nitrogens with one attached hydrogen (secondary N) is 1. The minimum absolute atomic E-state index is 0.0180. The Balaban J connectivity index is 3.25. The molecule has 0 fully saturated rings. The van der Waals surface area contributed by atoms with E-state index in [1.807, 2.05) is 13.0 Å². The maximum Gasteiger partial charge on any atom is 0.136 e. The normalized spacial score (nSPS) is 14.3. The van der Waals surface area contributed by atoms with E-state index in [1.54, 1.807) is 0 Å². The van der Waals surface area contributed by atoms with Crippen LogP contribution in [0.3, 0.4) is 0 Å². The van der Waals surface area contributed by atoms with Crippen molar-refractivity contribution in [3.63, 3.8) is 0 Å². The summed E-state index contributed by atoms with van der Waals surface area (Å²) in [4.78, 5) is 9.27. The van der Waals surface area contributed by atoms with Gasteiger partial charge in [-0.15, -0.1) is 0 Å². The molecule has 1 heterocycles. The van der Waals surface area contributed by atoms with Crippen molar-refractivity contribution in [1.82, 2.24) is 9.97 Å². The van der Waals surface area contributed by atoms with Gasteiger partial charge in [0.2, 0.25) is 0 Å². The number of aliphatic hydroxyl groups is 1. The lowest BCUT2D eigenvalue weighted by molar-refractivity contribution is 0.281. The SMILES string of the molecule is CC(CO)Nc1cc(C(C)(C)C)nc(C(C)(C)C)n1. The van der Waals surface area contributed by atoms with Crippen molar-refractivity contribution < 1.29 is 5.11 Å². The standard InChI is InChI=1S/C15H27N3O/c1-10(9-19)16-12-8-11(14(2,3)4)17-13(18-12)15(5,6)7/h8,10,19H,9H2,1-7H3,(H,16,17,18). The van der Waals surface area contributed by atoms with Crippen LogP contribution in [0.4, 0.5) is 5.82 Å². The summed E-state index contributed by atoms with van der Waals surface area (Å²) in [6, 6.07) is 1.96. The first kappa shape index (κ1) is 15.9. The van der Waals surface area contributed by atoms with Crippen LogP contribution in [0.15, 0.2) is 6.07 Å². The molecule has 4 nitrogen and oxygen atoms in total. The third kappa shape index (κ3) is 4.46. The summed E-state index contributed by atoms with van der Waals surface area (Å²) in [5.41, 5.74) is 0.891. The lowest BCUT2D eigenvalue weighted by atomic mass is 9.90. The van der Waals surface area contributed by atoms with Crippen molar-refractivity contribution in [3.8, 4) is 0 Å². The predicted molar refractivity (Wildman–Crippen MR) is 79.6 cm³/mol. The lowest BCUT2D eigenvalue weighted by Crippen LogP contribution is -2.25. The first-order chi connectivity index (χ1) is 8.54. The van der Waals surface area contributed by atoms with Gasteiger partial charge in [0.05, 0.1) is 12.3 Å². The Kier molecular flexibility index (Phi) is 4.56. The smallest absolute Gasteiger partial charge is 0.136 e. The summed E-state index contributed by atoms with van der Waals surface area (Å²) in [7, 11) is 0. The van der Waals surface area contributed by atoms with Gasteiger partial charge in [0.1, 0.15) is 11.6 Å². The molecule has 19 heavy (non-hydrogen) atoms. The van der Waals surface area contributed by atoms with E-state index in [-0.39, 0.29) is 23.5 Å². The monoisotopic (exact) mass is 265 g/mol. The Labute approximate surface area is 116 Å². The number of rotatable bonds is 3. The number of anilines is 1. The summed E-state index contributed by atoms with van der Waals surface area (Å²) in [5, 5.41) is 12.4. The number of aromatic nitrogens is 2. The molecule has 0 radical (unpaired) electrons. The molecular weight excluding hydrogens is 238 g/mol. The van der Waals surface area contributed by atoms with Gasteiger partial charge in [0.15, 0.2) is 0 Å². The van der Waals surface area contributed by atoms with Gasteiger partial charge in [0.25, 0.3) is 0 Å². The van der Waals surface area contributed by atoms with Gasteiger partial charge in [-0.05, 0) is 6.92 Å². The van der Waals surface area contributed by atoms with E-state index >= 15 is 0 Å². The summed E-state index contributed by atoms with van der Waals surface area (Å²) in [5.74, 6) is 1.61. The summed E-state index contributed by atoms with van der Waals surface area (Å²) >= 11 is 0. The van der Waals surface area contributed by atoms with E-state index in [0.29, 0.717) is 0 Å². The van der Waals surface area contributed by atoms with E-state index in [4.69, 9.17) is 10.1 Å². The Morgan fingerprint density at radius 2 is 1.68 bits per heavy atom. The first-order valence-electron chi connectivity index (χ1n) is 6.81. The van der Waals surface area contributed by atoms with Crippen molar-refractivity contribution in [2.45, 2.75) is 65.3 Å². The molecule has 1 rings (SSSR count). The van der Waals surface area contributed by atoms with Crippen LogP contribution >= 0.6 is 0 Å². The molecule has 108 valence electrons. The van der Waals surface area contributed by atoms with Crippen LogP contribution in [0.25, 0.3) is 0 Å². The molecule has 1 atom stereocenters. The molecule has 4 heteroatoms. The highest BCUT2D eigenvalue weighted by molar-refractivity contribution is 5.39. The highest BCUT2D eigenvalue weighted by Crippen LogP contribution is 2.26. The van der Waals surface area contributed by atoms with Gasteiger partial charge in [0, 0.05) is 22.9 Å². The average Bonchev–Trinajstić information content (AvgIpc) is 2.26. The Morgan fingerprint density at radius 1 is 1.11 bits per heavy atom. The van der Waals surface area contributed by atoms with E-state index < -0.39 is 0 Å². The zero-order chi connectivity index (χ0) is 14.8. The molecule has 0 aliphatic heterocycles. The fourth-order valence-corrected chi connectivity index (χ4v) is 1.54. The van der Waals surface area contributed by atoms with E-state index in [9.17, 15) is 0 Å². The summed E-state index contributed by atoms with van der Waals surface area (Å²) in [6.45, 7) is 14.7. The minimum atomic E-state index is -0.0971. The number of hydrogen-bond acceptors (Lipinski definition) is 4. The van der Waals surface area contributed by atoms with Crippen LogP contribution in [0.5, 0.6) is 0 Å². The zero-order valence-corrected chi connectivity index (χ0v) is 13.2. The van der Waals surface area contributed by atoms with Crippen molar-refractivity contribution >= 4 is 5.82 Å². The van der Waals surface area contributed by atoms with Crippen LogP contribution < -0.4 is 5.32 Å². The third-order valence-electron chi connectivity index (χ3n) is 2.83. The van der Waals surface area contributed by atoms with Gasteiger partial charge in [-0.2, -0.15) is 0 Å². The molecule has 0 aliphatic rings. The molecule has 1 aromatic rings. The van der Waals surface area contributed by atoms with Crippen LogP contribution in [0.2, 0.25) is 0 Å². The molecule has 0 aliphatic carbocycles. The van der Waals surface area contributed by atoms with Gasteiger partial charge in [-0.25, -0.2) is 9.97 Å². The van der Waals surface area contributed by atoms with Gasteiger partial charge >= 0.3 is 0 Å². The fraction of sp³-hybridized carbons (Fsp3) is 0.733. The van der Waals surface area contributed by atoms with Crippen molar-refractivity contribution in [2.24, 2.45) is 0 Å². The van der Waals surface area contributed by atoms with Crippen LogP contribution in [-0.4, -0.2) is 27.7 Å². The highest BCUT2D eigenvalue weighted by Gasteiger charge is 2.23. The quantitative estimate of drug-likeness (QED) is 0.882. The number of aliphatic hydroxyl groups excluding tert-OH is 1. The molecule has 1 unspecified atom stereocenters. The van der Waals surface area contributed by atoms with Gasteiger partial charge in [-0.3, -0.25) is 0 Å². The van der Waals surface area contributed by atoms with Crippen LogP contribution in [-0.2, 0) is 10.8 Å². The Hall–Kier alpha value is -1.16. The van der Waals surface area contributed by atoms with E-state index in [0.717, 1.165) is 17.3 Å². The highest BCUT2D eigenvalue weighted by atomic mass is 16.3. The fourth-order valence-electron chi connectivity index (χ4n) is 1.54. The molecule has 2 N–H and O–H groups in total. The maximum absolute atomic E-state index is 9.15. The van der Waals surface area contributed by atoms with Gasteiger partial charge < -0.3 is 10.4 Å². The summed E-state index contributed by atoms with van der Waals surface area (Å²) < 4.78 is 0. The maximum atomic E-state index is 9.15. The molecular formula is C15H27N3O. The molecule has 0 saturated heterocycles. The number of hydrogen-bond donors (Lipinski definition) is 2. The Morgan fingerprint density at radius 3 is 2.11 bits per heavy atom. The molecule has 1 aromatic heterocycles. The summed E-state index contributed by atoms with van der Waals surface area (Å²) in [6.07, 6.45) is 0. The zero-order valence-electron chi connectivity index (χ0n) is 13.2. The molecule has 0 saturated carbocycles. The van der Waals surface area contributed by atoms with E-state index in [1.165, 1.54) is 0 Å². The largest absolute Gasteiger partial charge is 0.394 e. The third-order valence-corrected chi connectivity index (χ3v) is 2.83. The van der Waals surface area contributed by atoms with Gasteiger partial charge in [-0.1, -0.05) is 41.5 Å². The lowest BCUT2D eigenvalue weighted by Gasteiger charge is -2.24. The topological polar surface area (TPSA) is 58.0 Å². The minimum Gasteiger partial charge on any atom is -0.394 e. The molecule has 0 amide bonds. The second kappa shape index (κ2) is 5.45. The second-order valence-corrected chi connectivity index (χ2v) is 7.19. The Bertz CT molecular complexity index is 398. The predicted octanol–water partition coefficient (Wildman–Crippen LogP) is 2.86. The van der Waals surface area contributed by atoms with E-state index in [2.05, 4.69) is 51.8 Å². The van der Waals surface area contributed by atoms with Crippen molar-refractivity contribution in [1.29, 1.82) is 0 Å². The second-order valence-electron chi connectivity index (χ2n) is 7.19. The molecule has 0 aromatic carbocycles. The van der Waals surface area contributed by atoms with Crippen molar-refractivity contribution in [3.05, 3.63) is 17.6 Å². The molecule has 0 bridgehead atoms. The van der Waals surface area contributed by atoms with Crippen molar-refractivity contribution in [2.75, 3.05) is 11.9 Å².